The van der Waals surface area contributed by atoms with Gasteiger partial charge in [0, 0.05) is 31.7 Å². The average molecular weight is 458 g/mol. The van der Waals surface area contributed by atoms with Crippen molar-refractivity contribution >= 4 is 34.4 Å². The van der Waals surface area contributed by atoms with Gasteiger partial charge in [-0.25, -0.2) is 14.8 Å². The third-order valence-electron chi connectivity index (χ3n) is 4.89. The second-order valence-electron chi connectivity index (χ2n) is 8.35. The Morgan fingerprint density at radius 1 is 1.12 bits per heavy atom. The van der Waals surface area contributed by atoms with Gasteiger partial charge >= 0.3 is 5.69 Å². The summed E-state index contributed by atoms with van der Waals surface area (Å²) in [6, 6.07) is 7.17. The number of benzene rings is 1. The Morgan fingerprint density at radius 3 is 2.47 bits per heavy atom. The van der Waals surface area contributed by atoms with Crippen LogP contribution in [0.5, 0.6) is 5.75 Å². The summed E-state index contributed by atoms with van der Waals surface area (Å²) in [5.74, 6) is 1.31. The molecule has 2 heterocycles. The number of nitrogens with one attached hydrogen (secondary N) is 1. The molecular weight excluding hydrogens is 430 g/mol. The molecule has 3 aromatic rings. The van der Waals surface area contributed by atoms with Crippen LogP contribution < -0.4 is 21.3 Å². The van der Waals surface area contributed by atoms with Gasteiger partial charge in [0.05, 0.1) is 12.8 Å². The van der Waals surface area contributed by atoms with Crippen molar-refractivity contribution in [2.75, 3.05) is 18.2 Å². The lowest BCUT2D eigenvalue weighted by Gasteiger charge is -2.19. The number of carbonyl (C=O) groups is 1. The van der Waals surface area contributed by atoms with E-state index in [1.54, 1.807) is 26.3 Å². The summed E-state index contributed by atoms with van der Waals surface area (Å²) in [6.45, 7) is 5.88. The minimum Gasteiger partial charge on any atom is -0.495 e. The van der Waals surface area contributed by atoms with E-state index in [0.29, 0.717) is 33.7 Å². The minimum absolute atomic E-state index is 0.184. The SMILES string of the molecule is COc1ccccc1NC(=O)CCSc1nc(C(C)(C)C)nc2c1c(=O)n(C)c(=O)n2C. The molecule has 1 N–H and O–H groups in total. The number of fused-ring (bicyclic) bond motifs is 1. The highest BCUT2D eigenvalue weighted by atomic mass is 32.2. The van der Waals surface area contributed by atoms with E-state index in [-0.39, 0.29) is 23.1 Å². The molecule has 10 heteroatoms. The van der Waals surface area contributed by atoms with Crippen molar-refractivity contribution in [1.29, 1.82) is 0 Å². The molecule has 0 fully saturated rings. The molecule has 0 radical (unpaired) electrons. The molecule has 3 rings (SSSR count). The Kier molecular flexibility index (Phi) is 6.73. The predicted octanol–water partition coefficient (Wildman–Crippen LogP) is 2.45. The lowest BCUT2D eigenvalue weighted by molar-refractivity contribution is -0.115. The van der Waals surface area contributed by atoms with Crippen molar-refractivity contribution in [3.8, 4) is 5.75 Å². The van der Waals surface area contributed by atoms with Gasteiger partial charge in [-0.05, 0) is 12.1 Å². The first kappa shape index (κ1) is 23.5. The van der Waals surface area contributed by atoms with Crippen molar-refractivity contribution < 1.29 is 9.53 Å². The van der Waals surface area contributed by atoms with Gasteiger partial charge in [0.15, 0.2) is 5.65 Å². The Morgan fingerprint density at radius 2 is 1.81 bits per heavy atom. The third-order valence-corrected chi connectivity index (χ3v) is 5.86. The number of methoxy groups -OCH3 is 1. The summed E-state index contributed by atoms with van der Waals surface area (Å²) >= 11 is 1.29. The zero-order valence-corrected chi connectivity index (χ0v) is 19.9. The Labute approximate surface area is 189 Å². The minimum atomic E-state index is -0.454. The average Bonchev–Trinajstić information content (AvgIpc) is 2.75. The second-order valence-corrected chi connectivity index (χ2v) is 9.44. The fraction of sp³-hybridized carbons (Fsp3) is 0.409. The van der Waals surface area contributed by atoms with E-state index in [4.69, 9.17) is 4.74 Å². The number of ether oxygens (including phenoxy) is 1. The molecule has 1 amide bonds. The normalized spacial score (nSPS) is 11.6. The van der Waals surface area contributed by atoms with Crippen molar-refractivity contribution in [3.63, 3.8) is 0 Å². The van der Waals surface area contributed by atoms with E-state index < -0.39 is 11.2 Å². The number of carbonyl (C=O) groups excluding carboxylic acids is 1. The maximum Gasteiger partial charge on any atom is 0.332 e. The number of para-hydroxylation sites is 2. The topological polar surface area (TPSA) is 108 Å². The van der Waals surface area contributed by atoms with Crippen LogP contribution in [0.3, 0.4) is 0 Å². The quantitative estimate of drug-likeness (QED) is 0.447. The van der Waals surface area contributed by atoms with Crippen molar-refractivity contribution in [3.05, 3.63) is 50.9 Å². The van der Waals surface area contributed by atoms with E-state index in [1.807, 2.05) is 32.9 Å². The fourth-order valence-electron chi connectivity index (χ4n) is 3.07. The molecule has 0 aliphatic carbocycles. The molecule has 1 aromatic carbocycles. The highest BCUT2D eigenvalue weighted by Gasteiger charge is 2.23. The molecular formula is C22H27N5O4S. The number of aryl methyl sites for hydroxylation is 1. The van der Waals surface area contributed by atoms with Gasteiger partial charge in [-0.15, -0.1) is 11.8 Å². The van der Waals surface area contributed by atoms with Crippen molar-refractivity contribution in [2.45, 2.75) is 37.6 Å². The van der Waals surface area contributed by atoms with Crippen LogP contribution in [-0.4, -0.2) is 37.9 Å². The van der Waals surface area contributed by atoms with Crippen LogP contribution in [0.25, 0.3) is 11.0 Å². The first-order chi connectivity index (χ1) is 15.0. The number of hydrogen-bond acceptors (Lipinski definition) is 7. The number of nitrogens with zero attached hydrogens (tertiary/aromatic N) is 4. The highest BCUT2D eigenvalue weighted by molar-refractivity contribution is 7.99. The van der Waals surface area contributed by atoms with Gasteiger partial charge in [-0.2, -0.15) is 0 Å². The van der Waals surface area contributed by atoms with Gasteiger partial charge in [0.1, 0.15) is 22.0 Å². The fourth-order valence-corrected chi connectivity index (χ4v) is 4.02. The van der Waals surface area contributed by atoms with Crippen LogP contribution in [0.1, 0.15) is 33.0 Å². The van der Waals surface area contributed by atoms with E-state index in [0.717, 1.165) is 4.57 Å². The molecule has 0 aliphatic rings. The summed E-state index contributed by atoms with van der Waals surface area (Å²) < 4.78 is 7.65. The first-order valence-electron chi connectivity index (χ1n) is 10.1. The molecule has 0 saturated heterocycles. The Hall–Kier alpha value is -3.14. The van der Waals surface area contributed by atoms with E-state index in [9.17, 15) is 14.4 Å². The third kappa shape index (κ3) is 4.69. The number of hydrogen-bond donors (Lipinski definition) is 1. The maximum atomic E-state index is 12.9. The standard InChI is InChI=1S/C22H27N5O4S/c1-22(2,3)20-24-17-16(19(29)27(5)21(30)26(17)4)18(25-20)32-12-11-15(28)23-13-9-7-8-10-14(13)31-6/h7-10H,11-12H2,1-6H3,(H,23,28). The van der Waals surface area contributed by atoms with Crippen LogP contribution in [0, 0.1) is 0 Å². The van der Waals surface area contributed by atoms with E-state index in [1.165, 1.54) is 23.4 Å². The number of thioether (sulfide) groups is 1. The van der Waals surface area contributed by atoms with E-state index >= 15 is 0 Å². The molecule has 170 valence electrons. The Bertz CT molecular complexity index is 1290. The number of aromatic nitrogens is 4. The molecule has 0 bridgehead atoms. The molecule has 0 saturated carbocycles. The maximum absolute atomic E-state index is 12.9. The highest BCUT2D eigenvalue weighted by Crippen LogP contribution is 2.28. The van der Waals surface area contributed by atoms with Gasteiger partial charge in [0.2, 0.25) is 5.91 Å². The first-order valence-corrected chi connectivity index (χ1v) is 11.1. The Balaban J connectivity index is 1.90. The van der Waals surface area contributed by atoms with Crippen molar-refractivity contribution in [2.24, 2.45) is 14.1 Å². The van der Waals surface area contributed by atoms with Gasteiger partial charge < -0.3 is 10.1 Å². The molecule has 2 aromatic heterocycles. The lowest BCUT2D eigenvalue weighted by atomic mass is 9.96. The number of amides is 1. The van der Waals surface area contributed by atoms with Crippen LogP contribution in [0.4, 0.5) is 5.69 Å². The predicted molar refractivity (Wildman–Crippen MR) is 126 cm³/mol. The lowest BCUT2D eigenvalue weighted by Crippen LogP contribution is -2.38. The molecule has 32 heavy (non-hydrogen) atoms. The second kappa shape index (κ2) is 9.15. The monoisotopic (exact) mass is 457 g/mol. The van der Waals surface area contributed by atoms with E-state index in [2.05, 4.69) is 15.3 Å². The van der Waals surface area contributed by atoms with Crippen LogP contribution in [0.15, 0.2) is 38.9 Å². The summed E-state index contributed by atoms with van der Waals surface area (Å²) in [6.07, 6.45) is 0.200. The number of rotatable bonds is 6. The van der Waals surface area contributed by atoms with Crippen LogP contribution in [0.2, 0.25) is 0 Å². The zero-order valence-electron chi connectivity index (χ0n) is 19.1. The summed E-state index contributed by atoms with van der Waals surface area (Å²) in [5, 5.41) is 3.57. The van der Waals surface area contributed by atoms with Gasteiger partial charge in [-0.3, -0.25) is 18.7 Å². The van der Waals surface area contributed by atoms with Gasteiger partial charge in [0.25, 0.3) is 5.56 Å². The summed E-state index contributed by atoms with van der Waals surface area (Å²) in [4.78, 5) is 46.9. The molecule has 0 aliphatic heterocycles. The smallest absolute Gasteiger partial charge is 0.332 e. The zero-order chi connectivity index (χ0) is 23.6. The number of anilines is 1. The molecule has 9 nitrogen and oxygen atoms in total. The van der Waals surface area contributed by atoms with Crippen LogP contribution >= 0.6 is 11.8 Å². The summed E-state index contributed by atoms with van der Waals surface area (Å²) in [5.41, 5.74) is -0.407. The molecule has 0 spiro atoms. The van der Waals surface area contributed by atoms with Crippen molar-refractivity contribution in [1.82, 2.24) is 19.1 Å². The summed E-state index contributed by atoms with van der Waals surface area (Å²) in [7, 11) is 4.55. The molecule has 0 atom stereocenters. The van der Waals surface area contributed by atoms with Gasteiger partial charge in [-0.1, -0.05) is 32.9 Å². The molecule has 0 unspecified atom stereocenters. The van der Waals surface area contributed by atoms with Crippen LogP contribution in [-0.2, 0) is 24.3 Å². The largest absolute Gasteiger partial charge is 0.495 e.